The summed E-state index contributed by atoms with van der Waals surface area (Å²) in [4.78, 5) is 12.2. The van der Waals surface area contributed by atoms with Crippen LogP contribution in [0.1, 0.15) is 44.9 Å². The highest BCUT2D eigenvalue weighted by Gasteiger charge is 2.16. The molecular weight excluding hydrogens is 292 g/mol. The van der Waals surface area contributed by atoms with Crippen LogP contribution in [0.2, 0.25) is 0 Å². The predicted octanol–water partition coefficient (Wildman–Crippen LogP) is 2.32. The molecule has 3 N–H and O–H groups in total. The van der Waals surface area contributed by atoms with Crippen LogP contribution < -0.4 is 20.1 Å². The first-order chi connectivity index (χ1) is 11.2. The first-order valence-electron chi connectivity index (χ1n) is 8.58. The Morgan fingerprint density at radius 3 is 2.48 bits per heavy atom. The van der Waals surface area contributed by atoms with Crippen molar-refractivity contribution in [1.29, 1.82) is 0 Å². The van der Waals surface area contributed by atoms with Gasteiger partial charge in [-0.05, 0) is 37.8 Å². The van der Waals surface area contributed by atoms with Gasteiger partial charge in [0.1, 0.15) is 11.5 Å². The molecule has 1 aromatic rings. The molecule has 0 saturated heterocycles. The second-order valence-electron chi connectivity index (χ2n) is 6.16. The zero-order chi connectivity index (χ0) is 16.5. The second kappa shape index (κ2) is 9.40. The monoisotopic (exact) mass is 321 g/mol. The van der Waals surface area contributed by atoms with E-state index in [0.717, 1.165) is 0 Å². The molecule has 1 fully saturated rings. The first-order valence-corrected chi connectivity index (χ1v) is 8.58. The van der Waals surface area contributed by atoms with Gasteiger partial charge in [-0.15, -0.1) is 0 Å². The molecule has 1 aliphatic rings. The van der Waals surface area contributed by atoms with E-state index < -0.39 is 0 Å². The van der Waals surface area contributed by atoms with Crippen LogP contribution in [0.5, 0.6) is 11.5 Å². The lowest BCUT2D eigenvalue weighted by atomic mass is 9.97. The summed E-state index contributed by atoms with van der Waals surface area (Å²) in [7, 11) is 3.20. The number of hydrogen-bond acceptors (Lipinski definition) is 3. The number of nitrogens with one attached hydrogen (secondary N) is 1. The van der Waals surface area contributed by atoms with Crippen LogP contribution >= 0.6 is 0 Å². The van der Waals surface area contributed by atoms with E-state index in [2.05, 4.69) is 10.6 Å². The number of quaternary nitrogens is 1. The van der Waals surface area contributed by atoms with Crippen molar-refractivity contribution in [3.05, 3.63) is 18.2 Å². The van der Waals surface area contributed by atoms with E-state index in [1.54, 1.807) is 20.3 Å². The fraction of sp³-hybridized carbons (Fsp3) is 0.611. The minimum atomic E-state index is 0.00975. The molecule has 0 atom stereocenters. The van der Waals surface area contributed by atoms with Gasteiger partial charge in [0.05, 0.1) is 25.9 Å². The van der Waals surface area contributed by atoms with Crippen LogP contribution in [-0.2, 0) is 4.79 Å². The number of anilines is 1. The Labute approximate surface area is 138 Å². The molecule has 0 aliphatic heterocycles. The van der Waals surface area contributed by atoms with E-state index >= 15 is 0 Å². The van der Waals surface area contributed by atoms with Crippen LogP contribution in [0.3, 0.4) is 0 Å². The van der Waals surface area contributed by atoms with Crippen molar-refractivity contribution in [3.8, 4) is 11.5 Å². The third-order valence-electron chi connectivity index (χ3n) is 4.47. The average molecular weight is 321 g/mol. The number of carbonyl (C=O) groups is 1. The summed E-state index contributed by atoms with van der Waals surface area (Å²) in [5.74, 6) is 1.33. The summed E-state index contributed by atoms with van der Waals surface area (Å²) in [6, 6.07) is 5.98. The Kier molecular flexibility index (Phi) is 7.20. The third kappa shape index (κ3) is 5.75. The van der Waals surface area contributed by atoms with Crippen LogP contribution in [-0.4, -0.2) is 32.7 Å². The lowest BCUT2D eigenvalue weighted by molar-refractivity contribution is -0.680. The fourth-order valence-electron chi connectivity index (χ4n) is 3.10. The van der Waals surface area contributed by atoms with Gasteiger partial charge < -0.3 is 20.1 Å². The number of carbonyl (C=O) groups excluding carboxylic acids is 1. The average Bonchev–Trinajstić information content (AvgIpc) is 2.54. The quantitative estimate of drug-likeness (QED) is 0.845. The topological polar surface area (TPSA) is 64.2 Å². The lowest BCUT2D eigenvalue weighted by Crippen LogP contribution is -2.91. The number of ether oxygens (including phenoxy) is 2. The van der Waals surface area contributed by atoms with Gasteiger partial charge in [0.2, 0.25) is 0 Å². The van der Waals surface area contributed by atoms with Crippen molar-refractivity contribution >= 4 is 11.6 Å². The number of hydrogen-bond donors (Lipinski definition) is 2. The molecule has 0 spiro atoms. The van der Waals surface area contributed by atoms with Crippen molar-refractivity contribution in [2.75, 3.05) is 26.1 Å². The molecule has 5 nitrogen and oxygen atoms in total. The van der Waals surface area contributed by atoms with E-state index in [0.29, 0.717) is 29.8 Å². The minimum absolute atomic E-state index is 0.00975. The zero-order valence-corrected chi connectivity index (χ0v) is 14.3. The summed E-state index contributed by atoms with van der Waals surface area (Å²) < 4.78 is 10.5. The predicted molar refractivity (Wildman–Crippen MR) is 91.1 cm³/mol. The largest absolute Gasteiger partial charge is 0.497 e. The van der Waals surface area contributed by atoms with Crippen molar-refractivity contribution in [2.24, 2.45) is 0 Å². The normalized spacial score (nSPS) is 16.3. The van der Waals surface area contributed by atoms with Gasteiger partial charge in [0.15, 0.2) is 6.54 Å². The van der Waals surface area contributed by atoms with E-state index in [9.17, 15) is 4.79 Å². The van der Waals surface area contributed by atoms with E-state index in [4.69, 9.17) is 9.47 Å². The summed E-state index contributed by atoms with van der Waals surface area (Å²) in [6.07, 6.45) is 9.05. The Morgan fingerprint density at radius 1 is 1.13 bits per heavy atom. The van der Waals surface area contributed by atoms with Crippen LogP contribution in [0.4, 0.5) is 5.69 Å². The number of methoxy groups -OCH3 is 2. The molecular formula is C18H29N2O3+. The molecule has 0 heterocycles. The second-order valence-corrected chi connectivity index (χ2v) is 6.16. The molecule has 1 aromatic carbocycles. The Bertz CT molecular complexity index is 497. The fourth-order valence-corrected chi connectivity index (χ4v) is 3.10. The van der Waals surface area contributed by atoms with Crippen molar-refractivity contribution in [1.82, 2.24) is 0 Å². The molecule has 128 valence electrons. The Balaban J connectivity index is 1.84. The van der Waals surface area contributed by atoms with Gasteiger partial charge in [-0.25, -0.2) is 0 Å². The molecule has 1 amide bonds. The molecule has 0 radical (unpaired) electrons. The molecule has 5 heteroatoms. The molecule has 0 unspecified atom stereocenters. The van der Waals surface area contributed by atoms with E-state index in [1.165, 1.54) is 44.9 Å². The summed E-state index contributed by atoms with van der Waals surface area (Å²) in [6.45, 7) is 0.458. The summed E-state index contributed by atoms with van der Waals surface area (Å²) in [5, 5.41) is 5.12. The van der Waals surface area contributed by atoms with Crippen LogP contribution in [0.25, 0.3) is 0 Å². The van der Waals surface area contributed by atoms with Gasteiger partial charge >= 0.3 is 0 Å². The first kappa shape index (κ1) is 17.6. The number of amides is 1. The third-order valence-corrected chi connectivity index (χ3v) is 4.47. The highest BCUT2D eigenvalue weighted by Crippen LogP contribution is 2.28. The maximum Gasteiger partial charge on any atom is 0.279 e. The van der Waals surface area contributed by atoms with E-state index in [-0.39, 0.29) is 5.91 Å². The smallest absolute Gasteiger partial charge is 0.279 e. The van der Waals surface area contributed by atoms with Gasteiger partial charge in [-0.1, -0.05) is 19.3 Å². The molecule has 0 aromatic heterocycles. The maximum atomic E-state index is 12.2. The van der Waals surface area contributed by atoms with Crippen LogP contribution in [0.15, 0.2) is 18.2 Å². The van der Waals surface area contributed by atoms with Gasteiger partial charge in [-0.3, -0.25) is 4.79 Å². The highest BCUT2D eigenvalue weighted by molar-refractivity contribution is 5.93. The minimum Gasteiger partial charge on any atom is -0.497 e. The van der Waals surface area contributed by atoms with Crippen molar-refractivity contribution in [3.63, 3.8) is 0 Å². The van der Waals surface area contributed by atoms with Gasteiger partial charge in [0, 0.05) is 6.07 Å². The van der Waals surface area contributed by atoms with E-state index in [1.807, 2.05) is 12.1 Å². The van der Waals surface area contributed by atoms with Gasteiger partial charge in [0.25, 0.3) is 5.91 Å². The number of nitrogens with two attached hydrogens (primary N) is 1. The Hall–Kier alpha value is -1.75. The van der Waals surface area contributed by atoms with Gasteiger partial charge in [-0.2, -0.15) is 0 Å². The summed E-state index contributed by atoms with van der Waals surface area (Å²) >= 11 is 0. The number of benzene rings is 1. The SMILES string of the molecule is COc1ccc(NC(=O)C[NH2+]C2CCCCCCC2)c(OC)c1. The lowest BCUT2D eigenvalue weighted by Gasteiger charge is -2.18. The zero-order valence-electron chi connectivity index (χ0n) is 14.3. The molecule has 23 heavy (non-hydrogen) atoms. The van der Waals surface area contributed by atoms with Crippen molar-refractivity contribution < 1.29 is 19.6 Å². The number of rotatable bonds is 6. The maximum absolute atomic E-state index is 12.2. The molecule has 0 bridgehead atoms. The van der Waals surface area contributed by atoms with Crippen molar-refractivity contribution in [2.45, 2.75) is 51.0 Å². The summed E-state index contributed by atoms with van der Waals surface area (Å²) in [5.41, 5.74) is 0.685. The molecule has 1 aliphatic carbocycles. The Morgan fingerprint density at radius 2 is 1.83 bits per heavy atom. The van der Waals surface area contributed by atoms with Crippen LogP contribution in [0, 0.1) is 0 Å². The standard InChI is InChI=1S/C18H28N2O3/c1-22-15-10-11-16(17(12-15)23-2)20-18(21)13-19-14-8-6-4-3-5-7-9-14/h10-12,14,19H,3-9,13H2,1-2H3,(H,20,21)/p+1. The molecule has 1 saturated carbocycles. The highest BCUT2D eigenvalue weighted by atomic mass is 16.5. The molecule has 2 rings (SSSR count).